The highest BCUT2D eigenvalue weighted by Crippen LogP contribution is 2.37. The minimum Gasteiger partial charge on any atom is -0.480 e. The number of H-pyrrole nitrogens is 1. The summed E-state index contributed by atoms with van der Waals surface area (Å²) in [6.45, 7) is 1.69. The minimum atomic E-state index is -1.06. The summed E-state index contributed by atoms with van der Waals surface area (Å²) in [5.74, 6) is -0.517. The average Bonchev–Trinajstić information content (AvgIpc) is 3.03. The van der Waals surface area contributed by atoms with Gasteiger partial charge in [-0.2, -0.15) is 0 Å². The molecular weight excluding hydrogens is 224 g/mol. The molecule has 0 aliphatic heterocycles. The predicted molar refractivity (Wildman–Crippen MR) is 57.5 cm³/mol. The van der Waals surface area contributed by atoms with Crippen LogP contribution in [-0.2, 0) is 4.79 Å². The first-order chi connectivity index (χ1) is 8.11. The summed E-state index contributed by atoms with van der Waals surface area (Å²) >= 11 is 0. The summed E-state index contributed by atoms with van der Waals surface area (Å²) in [6, 6.07) is -0.898. The van der Waals surface area contributed by atoms with Crippen LogP contribution >= 0.6 is 0 Å². The lowest BCUT2D eigenvalue weighted by molar-refractivity contribution is -0.139. The Morgan fingerprint density at radius 2 is 2.29 bits per heavy atom. The molecule has 0 spiro atoms. The number of carboxylic acid groups (broad SMARTS) is 1. The van der Waals surface area contributed by atoms with Crippen LogP contribution in [0.15, 0.2) is 0 Å². The second-order valence-corrected chi connectivity index (χ2v) is 4.09. The van der Waals surface area contributed by atoms with E-state index in [1.54, 1.807) is 6.92 Å². The molecule has 1 aromatic heterocycles. The topological polar surface area (TPSA) is 108 Å². The fraction of sp³-hybridized carbons (Fsp3) is 0.600. The van der Waals surface area contributed by atoms with Crippen molar-refractivity contribution in [3.8, 4) is 0 Å². The Morgan fingerprint density at radius 1 is 1.59 bits per heavy atom. The number of carboxylic acids is 1. The first kappa shape index (κ1) is 11.6. The van der Waals surface area contributed by atoms with Gasteiger partial charge in [0, 0.05) is 5.92 Å². The molecule has 1 aromatic rings. The predicted octanol–water partition coefficient (Wildman–Crippen LogP) is 0.275. The van der Waals surface area contributed by atoms with Crippen LogP contribution in [0.2, 0.25) is 0 Å². The summed E-state index contributed by atoms with van der Waals surface area (Å²) in [6.07, 6.45) is 2.44. The molecule has 7 nitrogen and oxygen atoms in total. The van der Waals surface area contributed by atoms with Crippen LogP contribution in [0, 0.1) is 0 Å². The Morgan fingerprint density at radius 3 is 2.82 bits per heavy atom. The van der Waals surface area contributed by atoms with Gasteiger partial charge in [0.05, 0.1) is 0 Å². The SMILES string of the molecule is CC[C@@H](NC(=O)c1n[nH]c(C2CC2)n1)C(=O)O. The molecule has 1 aliphatic carbocycles. The molecule has 1 aliphatic rings. The number of aromatic nitrogens is 3. The van der Waals surface area contributed by atoms with E-state index in [9.17, 15) is 9.59 Å². The number of rotatable bonds is 5. The van der Waals surface area contributed by atoms with Crippen LogP contribution in [0.4, 0.5) is 0 Å². The zero-order valence-corrected chi connectivity index (χ0v) is 9.43. The number of amides is 1. The van der Waals surface area contributed by atoms with Gasteiger partial charge < -0.3 is 10.4 Å². The molecule has 0 bridgehead atoms. The molecule has 0 saturated heterocycles. The van der Waals surface area contributed by atoms with E-state index in [0.29, 0.717) is 18.2 Å². The first-order valence-electron chi connectivity index (χ1n) is 5.57. The number of carbonyl (C=O) groups is 2. The normalized spacial score (nSPS) is 16.5. The highest BCUT2D eigenvalue weighted by Gasteiger charge is 2.28. The van der Waals surface area contributed by atoms with Crippen LogP contribution < -0.4 is 5.32 Å². The summed E-state index contributed by atoms with van der Waals surface area (Å²) in [5, 5.41) is 17.7. The molecule has 92 valence electrons. The fourth-order valence-electron chi connectivity index (χ4n) is 1.48. The molecular formula is C10H14N4O3. The highest BCUT2D eigenvalue weighted by molar-refractivity contribution is 5.93. The Bertz CT molecular complexity index is 439. The number of nitrogens with one attached hydrogen (secondary N) is 2. The van der Waals surface area contributed by atoms with Crippen molar-refractivity contribution in [2.75, 3.05) is 0 Å². The Balaban J connectivity index is 2.00. The van der Waals surface area contributed by atoms with Gasteiger partial charge in [-0.1, -0.05) is 6.92 Å². The molecule has 0 radical (unpaired) electrons. The lowest BCUT2D eigenvalue weighted by Crippen LogP contribution is -2.40. The van der Waals surface area contributed by atoms with Gasteiger partial charge in [0.2, 0.25) is 5.82 Å². The van der Waals surface area contributed by atoms with Gasteiger partial charge in [-0.3, -0.25) is 9.89 Å². The van der Waals surface area contributed by atoms with Crippen molar-refractivity contribution in [2.24, 2.45) is 0 Å². The monoisotopic (exact) mass is 238 g/mol. The van der Waals surface area contributed by atoms with Crippen molar-refractivity contribution < 1.29 is 14.7 Å². The number of hydrogen-bond donors (Lipinski definition) is 3. The van der Waals surface area contributed by atoms with Crippen molar-refractivity contribution in [1.29, 1.82) is 0 Å². The third-order valence-corrected chi connectivity index (χ3v) is 2.68. The van der Waals surface area contributed by atoms with Gasteiger partial charge in [0.25, 0.3) is 5.91 Å². The smallest absolute Gasteiger partial charge is 0.326 e. The van der Waals surface area contributed by atoms with E-state index in [0.717, 1.165) is 12.8 Å². The summed E-state index contributed by atoms with van der Waals surface area (Å²) < 4.78 is 0. The molecule has 3 N–H and O–H groups in total. The van der Waals surface area contributed by atoms with Crippen molar-refractivity contribution in [3.05, 3.63) is 11.6 Å². The third-order valence-electron chi connectivity index (χ3n) is 2.68. The van der Waals surface area contributed by atoms with Crippen LogP contribution in [0.25, 0.3) is 0 Å². The second-order valence-electron chi connectivity index (χ2n) is 4.09. The number of nitrogens with zero attached hydrogens (tertiary/aromatic N) is 2. The molecule has 1 amide bonds. The molecule has 0 unspecified atom stereocenters. The molecule has 7 heteroatoms. The lowest BCUT2D eigenvalue weighted by atomic mass is 10.2. The van der Waals surface area contributed by atoms with E-state index in [1.165, 1.54) is 0 Å². The zero-order chi connectivity index (χ0) is 12.4. The van der Waals surface area contributed by atoms with Crippen molar-refractivity contribution in [2.45, 2.75) is 38.1 Å². The van der Waals surface area contributed by atoms with E-state index < -0.39 is 17.9 Å². The number of carbonyl (C=O) groups excluding carboxylic acids is 1. The van der Waals surface area contributed by atoms with E-state index in [2.05, 4.69) is 20.5 Å². The van der Waals surface area contributed by atoms with Crippen LogP contribution in [0.5, 0.6) is 0 Å². The van der Waals surface area contributed by atoms with E-state index in [-0.39, 0.29) is 5.82 Å². The number of hydrogen-bond acceptors (Lipinski definition) is 4. The van der Waals surface area contributed by atoms with Crippen molar-refractivity contribution in [1.82, 2.24) is 20.5 Å². The second kappa shape index (κ2) is 4.52. The average molecular weight is 238 g/mol. The maximum Gasteiger partial charge on any atom is 0.326 e. The van der Waals surface area contributed by atoms with Crippen LogP contribution in [0.3, 0.4) is 0 Å². The van der Waals surface area contributed by atoms with E-state index in [1.807, 2.05) is 0 Å². The van der Waals surface area contributed by atoms with Gasteiger partial charge in [0.15, 0.2) is 0 Å². The van der Waals surface area contributed by atoms with Crippen molar-refractivity contribution >= 4 is 11.9 Å². The molecule has 1 fully saturated rings. The molecule has 0 aromatic carbocycles. The first-order valence-corrected chi connectivity index (χ1v) is 5.57. The van der Waals surface area contributed by atoms with Crippen LogP contribution in [0.1, 0.15) is 48.5 Å². The molecule has 17 heavy (non-hydrogen) atoms. The maximum atomic E-state index is 11.7. The standard InChI is InChI=1S/C10H14N4O3/c1-2-6(10(16)17)11-9(15)8-12-7(13-14-8)5-3-4-5/h5-6H,2-4H2,1H3,(H,11,15)(H,16,17)(H,12,13,14)/t6-/m1/s1. The van der Waals surface area contributed by atoms with Crippen LogP contribution in [-0.4, -0.2) is 38.2 Å². The third kappa shape index (κ3) is 2.61. The maximum absolute atomic E-state index is 11.7. The van der Waals surface area contributed by atoms with Crippen molar-refractivity contribution in [3.63, 3.8) is 0 Å². The van der Waals surface area contributed by atoms with Gasteiger partial charge in [-0.25, -0.2) is 9.78 Å². The van der Waals surface area contributed by atoms with Gasteiger partial charge >= 0.3 is 5.97 Å². The zero-order valence-electron chi connectivity index (χ0n) is 9.43. The van der Waals surface area contributed by atoms with Gasteiger partial charge in [-0.05, 0) is 19.3 Å². The Kier molecular flexibility index (Phi) is 3.08. The number of aromatic amines is 1. The van der Waals surface area contributed by atoms with Gasteiger partial charge in [-0.15, -0.1) is 5.10 Å². The highest BCUT2D eigenvalue weighted by atomic mass is 16.4. The molecule has 1 saturated carbocycles. The Labute approximate surface area is 97.6 Å². The lowest BCUT2D eigenvalue weighted by Gasteiger charge is -2.09. The largest absolute Gasteiger partial charge is 0.480 e. The number of aliphatic carboxylic acids is 1. The molecule has 1 heterocycles. The van der Waals surface area contributed by atoms with E-state index >= 15 is 0 Å². The summed E-state index contributed by atoms with van der Waals surface area (Å²) in [4.78, 5) is 26.5. The van der Waals surface area contributed by atoms with Gasteiger partial charge in [0.1, 0.15) is 11.9 Å². The summed E-state index contributed by atoms with van der Waals surface area (Å²) in [5.41, 5.74) is 0. The van der Waals surface area contributed by atoms with E-state index in [4.69, 9.17) is 5.11 Å². The minimum absolute atomic E-state index is 0.00611. The summed E-state index contributed by atoms with van der Waals surface area (Å²) in [7, 11) is 0. The molecule has 2 rings (SSSR count). The quantitative estimate of drug-likeness (QED) is 0.682. The fourth-order valence-corrected chi connectivity index (χ4v) is 1.48. The molecule has 1 atom stereocenters. The Hall–Kier alpha value is -1.92.